The Morgan fingerprint density at radius 1 is 1.25 bits per heavy atom. The van der Waals surface area contributed by atoms with Crippen LogP contribution in [-0.2, 0) is 9.53 Å². The van der Waals surface area contributed by atoms with E-state index < -0.39 is 24.7 Å². The van der Waals surface area contributed by atoms with Gasteiger partial charge in [0.05, 0.1) is 13.7 Å². The molecule has 0 saturated heterocycles. The van der Waals surface area contributed by atoms with Gasteiger partial charge in [-0.05, 0) is 37.5 Å². The molecule has 0 saturated carbocycles. The Kier molecular flexibility index (Phi) is 5.16. The van der Waals surface area contributed by atoms with E-state index in [-0.39, 0.29) is 0 Å². The molecule has 1 unspecified atom stereocenters. The Labute approximate surface area is 116 Å². The predicted molar refractivity (Wildman–Crippen MR) is 69.5 cm³/mol. The van der Waals surface area contributed by atoms with E-state index in [1.807, 2.05) is 19.1 Å². The molecular weight excluding hydrogens is 271 g/mol. The second-order valence-electron chi connectivity index (χ2n) is 4.76. The first-order chi connectivity index (χ1) is 9.15. The lowest BCUT2D eigenvalue weighted by Gasteiger charge is -2.22. The van der Waals surface area contributed by atoms with Crippen molar-refractivity contribution in [1.29, 1.82) is 0 Å². The molecule has 0 radical (unpaired) electrons. The number of esters is 1. The first-order valence-electron chi connectivity index (χ1n) is 6.11. The lowest BCUT2D eigenvalue weighted by atomic mass is 9.94. The molecule has 1 rings (SSSR count). The molecule has 20 heavy (non-hydrogen) atoms. The molecule has 1 aromatic carbocycles. The summed E-state index contributed by atoms with van der Waals surface area (Å²) in [6, 6.07) is 2.53. The van der Waals surface area contributed by atoms with Gasteiger partial charge < -0.3 is 4.74 Å². The molecule has 1 aromatic rings. The van der Waals surface area contributed by atoms with Crippen molar-refractivity contribution in [3.63, 3.8) is 0 Å². The largest absolute Gasteiger partial charge is 0.468 e. The molecule has 112 valence electrons. The van der Waals surface area contributed by atoms with Crippen molar-refractivity contribution in [1.82, 2.24) is 5.32 Å². The lowest BCUT2D eigenvalue weighted by molar-refractivity contribution is -0.146. The molecule has 0 spiro atoms. The minimum Gasteiger partial charge on any atom is -0.468 e. The molecule has 0 heterocycles. The number of hydrogen-bond acceptors (Lipinski definition) is 3. The number of halogens is 3. The van der Waals surface area contributed by atoms with Gasteiger partial charge in [-0.2, -0.15) is 13.2 Å². The average Bonchev–Trinajstić information content (AvgIpc) is 2.29. The number of hydrogen-bond donors (Lipinski definition) is 1. The summed E-state index contributed by atoms with van der Waals surface area (Å²) in [5.74, 6) is -0.732. The molecule has 0 aliphatic carbocycles. The predicted octanol–water partition coefficient (Wildman–Crippen LogP) is 2.98. The van der Waals surface area contributed by atoms with Gasteiger partial charge >= 0.3 is 12.1 Å². The van der Waals surface area contributed by atoms with E-state index >= 15 is 0 Å². The van der Waals surface area contributed by atoms with Crippen LogP contribution in [0.4, 0.5) is 13.2 Å². The molecule has 0 aliphatic heterocycles. The maximum absolute atomic E-state index is 12.3. The molecule has 0 amide bonds. The second-order valence-corrected chi connectivity index (χ2v) is 4.76. The summed E-state index contributed by atoms with van der Waals surface area (Å²) < 4.78 is 41.7. The molecular formula is C14H18F3NO2. The summed E-state index contributed by atoms with van der Waals surface area (Å²) in [4.78, 5) is 11.8. The number of methoxy groups -OCH3 is 1. The van der Waals surface area contributed by atoms with Crippen LogP contribution in [0.2, 0.25) is 0 Å². The summed E-state index contributed by atoms with van der Waals surface area (Å²) >= 11 is 0. The van der Waals surface area contributed by atoms with Gasteiger partial charge in [-0.1, -0.05) is 17.7 Å². The van der Waals surface area contributed by atoms with Crippen LogP contribution in [0.15, 0.2) is 12.1 Å². The van der Waals surface area contributed by atoms with Crippen molar-refractivity contribution >= 4 is 5.97 Å². The van der Waals surface area contributed by atoms with Gasteiger partial charge in [-0.25, -0.2) is 4.79 Å². The van der Waals surface area contributed by atoms with E-state index in [9.17, 15) is 18.0 Å². The third-order valence-corrected chi connectivity index (χ3v) is 2.97. The molecule has 1 atom stereocenters. The second kappa shape index (κ2) is 6.26. The van der Waals surface area contributed by atoms with Gasteiger partial charge in [0.15, 0.2) is 0 Å². The van der Waals surface area contributed by atoms with Gasteiger partial charge in [0, 0.05) is 0 Å². The Bertz CT molecular complexity index is 475. The number of alkyl halides is 3. The highest BCUT2D eigenvalue weighted by Gasteiger charge is 2.32. The van der Waals surface area contributed by atoms with E-state index in [1.54, 1.807) is 13.8 Å². The SMILES string of the molecule is COC(=O)C(NCC(F)(F)F)c1c(C)cc(C)cc1C. The zero-order valence-corrected chi connectivity index (χ0v) is 11.9. The van der Waals surface area contributed by atoms with Crippen LogP contribution >= 0.6 is 0 Å². The zero-order chi connectivity index (χ0) is 15.5. The van der Waals surface area contributed by atoms with Crippen LogP contribution in [-0.4, -0.2) is 25.8 Å². The van der Waals surface area contributed by atoms with Crippen molar-refractivity contribution in [2.75, 3.05) is 13.7 Å². The molecule has 3 nitrogen and oxygen atoms in total. The Morgan fingerprint density at radius 2 is 1.75 bits per heavy atom. The van der Waals surface area contributed by atoms with E-state index in [4.69, 9.17) is 0 Å². The minimum atomic E-state index is -4.39. The summed E-state index contributed by atoms with van der Waals surface area (Å²) in [5.41, 5.74) is 3.04. The smallest absolute Gasteiger partial charge is 0.401 e. The van der Waals surface area contributed by atoms with Crippen LogP contribution in [0.3, 0.4) is 0 Å². The van der Waals surface area contributed by atoms with Crippen LogP contribution in [0.1, 0.15) is 28.3 Å². The summed E-state index contributed by atoms with van der Waals surface area (Å²) in [6.07, 6.45) is -4.39. The minimum absolute atomic E-state index is 0.534. The monoisotopic (exact) mass is 289 g/mol. The van der Waals surface area contributed by atoms with Crippen molar-refractivity contribution in [2.24, 2.45) is 0 Å². The fraction of sp³-hybridized carbons (Fsp3) is 0.500. The van der Waals surface area contributed by atoms with Crippen molar-refractivity contribution in [2.45, 2.75) is 33.0 Å². The highest BCUT2D eigenvalue weighted by molar-refractivity contribution is 5.78. The molecule has 0 bridgehead atoms. The number of rotatable bonds is 4. The van der Waals surface area contributed by atoms with Crippen LogP contribution in [0, 0.1) is 20.8 Å². The summed E-state index contributed by atoms with van der Waals surface area (Å²) in [6.45, 7) is 4.17. The summed E-state index contributed by atoms with van der Waals surface area (Å²) in [7, 11) is 1.16. The maximum atomic E-state index is 12.3. The quantitative estimate of drug-likeness (QED) is 0.866. The number of nitrogens with one attached hydrogen (secondary N) is 1. The van der Waals surface area contributed by atoms with Gasteiger partial charge in [-0.3, -0.25) is 5.32 Å². The third kappa shape index (κ3) is 4.23. The standard InChI is InChI=1S/C14H18F3NO2/c1-8-5-9(2)11(10(3)6-8)12(13(19)20-4)18-7-14(15,16)17/h5-6,12,18H,7H2,1-4H3. The van der Waals surface area contributed by atoms with Gasteiger partial charge in [0.25, 0.3) is 0 Å². The normalized spacial score (nSPS) is 13.2. The third-order valence-electron chi connectivity index (χ3n) is 2.97. The number of carbonyl (C=O) groups is 1. The lowest BCUT2D eigenvalue weighted by Crippen LogP contribution is -2.37. The molecule has 1 N–H and O–H groups in total. The first-order valence-corrected chi connectivity index (χ1v) is 6.11. The fourth-order valence-electron chi connectivity index (χ4n) is 2.29. The number of aryl methyl sites for hydroxylation is 3. The van der Waals surface area contributed by atoms with Crippen LogP contribution in [0.25, 0.3) is 0 Å². The van der Waals surface area contributed by atoms with Gasteiger partial charge in [-0.15, -0.1) is 0 Å². The Balaban J connectivity index is 3.15. The van der Waals surface area contributed by atoms with E-state index in [2.05, 4.69) is 10.1 Å². The highest BCUT2D eigenvalue weighted by Crippen LogP contribution is 2.25. The highest BCUT2D eigenvalue weighted by atomic mass is 19.4. The average molecular weight is 289 g/mol. The molecule has 0 aliphatic rings. The van der Waals surface area contributed by atoms with E-state index in [0.717, 1.165) is 23.8 Å². The van der Waals surface area contributed by atoms with Crippen molar-refractivity contribution < 1.29 is 22.7 Å². The van der Waals surface area contributed by atoms with E-state index in [0.29, 0.717) is 5.56 Å². The molecule has 6 heteroatoms. The van der Waals surface area contributed by atoms with Crippen LogP contribution in [0.5, 0.6) is 0 Å². The van der Waals surface area contributed by atoms with Crippen molar-refractivity contribution in [3.05, 3.63) is 34.4 Å². The number of ether oxygens (including phenoxy) is 1. The number of carbonyl (C=O) groups excluding carboxylic acids is 1. The molecule has 0 fully saturated rings. The van der Waals surface area contributed by atoms with Crippen LogP contribution < -0.4 is 5.32 Å². The van der Waals surface area contributed by atoms with E-state index in [1.165, 1.54) is 0 Å². The van der Waals surface area contributed by atoms with Gasteiger partial charge in [0.1, 0.15) is 6.04 Å². The number of benzene rings is 1. The Hall–Kier alpha value is -1.56. The van der Waals surface area contributed by atoms with Gasteiger partial charge in [0.2, 0.25) is 0 Å². The summed E-state index contributed by atoms with van der Waals surface area (Å²) in [5, 5.41) is 2.23. The topological polar surface area (TPSA) is 38.3 Å². The zero-order valence-electron chi connectivity index (χ0n) is 11.9. The fourth-order valence-corrected chi connectivity index (χ4v) is 2.29. The molecule has 0 aromatic heterocycles. The maximum Gasteiger partial charge on any atom is 0.401 e. The Morgan fingerprint density at radius 3 is 2.15 bits per heavy atom. The first kappa shape index (κ1) is 16.5. The van der Waals surface area contributed by atoms with Crippen molar-refractivity contribution in [3.8, 4) is 0 Å².